The lowest BCUT2D eigenvalue weighted by Crippen LogP contribution is -2.43. The van der Waals surface area contributed by atoms with Crippen LogP contribution >= 0.6 is 0 Å². The Labute approximate surface area is 178 Å². The van der Waals surface area contributed by atoms with Gasteiger partial charge in [-0.3, -0.25) is 14.4 Å². The highest BCUT2D eigenvalue weighted by molar-refractivity contribution is 6.25. The molecule has 2 aromatic carbocycles. The Hall–Kier alpha value is -3.74. The van der Waals surface area contributed by atoms with Crippen LogP contribution in [0.15, 0.2) is 54.7 Å². The quantitative estimate of drug-likeness (QED) is 0.565. The van der Waals surface area contributed by atoms with Crippen LogP contribution in [0.25, 0.3) is 6.08 Å². The highest BCUT2D eigenvalue weighted by Crippen LogP contribution is 2.53. The first-order chi connectivity index (χ1) is 15.0. The number of fused-ring (bicyclic) bond motifs is 5. The van der Waals surface area contributed by atoms with Gasteiger partial charge in [0.1, 0.15) is 0 Å². The van der Waals surface area contributed by atoms with Gasteiger partial charge in [-0.05, 0) is 36.3 Å². The molecular formula is C24H20N2O5. The topological polar surface area (TPSA) is 84.0 Å². The molecule has 4 atom stereocenters. The average molecular weight is 416 g/mol. The standard InChI is InChI=1S/C24H20N2O5/c1-13(27)20-18-19(21-15-8-4-3-7-14(15)11-12-25(20)21)23(29)26(22(18)28)17-10-6-5-9-16(17)24(30)31-2/h3-12,18-21H,1-2H3. The van der Waals surface area contributed by atoms with E-state index < -0.39 is 41.7 Å². The number of para-hydroxylation sites is 1. The van der Waals surface area contributed by atoms with Crippen molar-refractivity contribution >= 4 is 35.3 Å². The van der Waals surface area contributed by atoms with Crippen LogP contribution in [-0.2, 0) is 19.1 Å². The molecule has 0 N–H and O–H groups in total. The van der Waals surface area contributed by atoms with Gasteiger partial charge in [-0.1, -0.05) is 36.4 Å². The molecular weight excluding hydrogens is 396 g/mol. The van der Waals surface area contributed by atoms with Crippen LogP contribution in [0.1, 0.15) is 34.5 Å². The highest BCUT2D eigenvalue weighted by atomic mass is 16.5. The van der Waals surface area contributed by atoms with E-state index in [9.17, 15) is 19.2 Å². The number of nitrogens with zero attached hydrogens (tertiary/aromatic N) is 2. The molecule has 0 bridgehead atoms. The molecule has 7 nitrogen and oxygen atoms in total. The maximum atomic E-state index is 13.7. The molecule has 3 aliphatic rings. The van der Waals surface area contributed by atoms with Crippen molar-refractivity contribution in [2.75, 3.05) is 12.0 Å². The number of carbonyl (C=O) groups is 4. The number of esters is 1. The van der Waals surface area contributed by atoms with E-state index in [-0.39, 0.29) is 17.0 Å². The van der Waals surface area contributed by atoms with E-state index in [1.165, 1.54) is 20.1 Å². The Balaban J connectivity index is 1.66. The highest BCUT2D eigenvalue weighted by Gasteiger charge is 2.64. The Bertz CT molecular complexity index is 1170. The van der Waals surface area contributed by atoms with E-state index in [1.807, 2.05) is 41.4 Å². The van der Waals surface area contributed by atoms with Crippen molar-refractivity contribution in [2.24, 2.45) is 11.8 Å². The number of benzene rings is 2. The van der Waals surface area contributed by atoms with Gasteiger partial charge in [0.15, 0.2) is 5.78 Å². The number of rotatable bonds is 3. The second-order valence-corrected chi connectivity index (χ2v) is 7.96. The average Bonchev–Trinajstić information content (AvgIpc) is 3.26. The van der Waals surface area contributed by atoms with E-state index in [4.69, 9.17) is 4.74 Å². The van der Waals surface area contributed by atoms with Crippen LogP contribution in [0.3, 0.4) is 0 Å². The molecule has 4 unspecified atom stereocenters. The molecule has 0 radical (unpaired) electrons. The number of amides is 2. The molecule has 0 aromatic heterocycles. The van der Waals surface area contributed by atoms with Crippen LogP contribution in [0, 0.1) is 11.8 Å². The maximum absolute atomic E-state index is 13.7. The minimum Gasteiger partial charge on any atom is -0.465 e. The monoisotopic (exact) mass is 416 g/mol. The zero-order valence-corrected chi connectivity index (χ0v) is 17.0. The fourth-order valence-electron chi connectivity index (χ4n) is 5.21. The summed E-state index contributed by atoms with van der Waals surface area (Å²) in [7, 11) is 1.25. The first-order valence-electron chi connectivity index (χ1n) is 10.1. The maximum Gasteiger partial charge on any atom is 0.339 e. The third kappa shape index (κ3) is 2.59. The normalized spacial score (nSPS) is 25.9. The van der Waals surface area contributed by atoms with Gasteiger partial charge in [0.25, 0.3) is 0 Å². The van der Waals surface area contributed by atoms with Crippen molar-refractivity contribution in [2.45, 2.75) is 19.0 Å². The molecule has 2 fully saturated rings. The lowest BCUT2D eigenvalue weighted by molar-refractivity contribution is -0.129. The Morgan fingerprint density at radius 3 is 2.35 bits per heavy atom. The van der Waals surface area contributed by atoms with Gasteiger partial charge in [0.2, 0.25) is 11.8 Å². The number of ketones is 1. The number of anilines is 1. The summed E-state index contributed by atoms with van der Waals surface area (Å²) in [6, 6.07) is 12.9. The van der Waals surface area contributed by atoms with Crippen LogP contribution in [0.5, 0.6) is 0 Å². The van der Waals surface area contributed by atoms with Crippen molar-refractivity contribution in [3.63, 3.8) is 0 Å². The minimum absolute atomic E-state index is 0.131. The van der Waals surface area contributed by atoms with E-state index in [0.717, 1.165) is 16.0 Å². The first kappa shape index (κ1) is 19.2. The van der Waals surface area contributed by atoms with Crippen LogP contribution in [0.4, 0.5) is 5.69 Å². The fourth-order valence-corrected chi connectivity index (χ4v) is 5.21. The third-order valence-electron chi connectivity index (χ3n) is 6.43. The first-order valence-corrected chi connectivity index (χ1v) is 10.1. The fraction of sp³-hybridized carbons (Fsp3) is 0.250. The SMILES string of the molecule is COC(=O)c1ccccc1N1C(=O)C2C(C1=O)C1c3ccccc3C=CN1C2C(C)=O. The van der Waals surface area contributed by atoms with Crippen molar-refractivity contribution in [3.8, 4) is 0 Å². The Kier molecular flexibility index (Phi) is 4.28. The van der Waals surface area contributed by atoms with Gasteiger partial charge in [-0.15, -0.1) is 0 Å². The summed E-state index contributed by atoms with van der Waals surface area (Å²) in [5, 5.41) is 0. The Morgan fingerprint density at radius 2 is 1.61 bits per heavy atom. The molecule has 0 saturated carbocycles. The molecule has 0 aliphatic carbocycles. The molecule has 3 heterocycles. The van der Waals surface area contributed by atoms with E-state index in [1.54, 1.807) is 18.2 Å². The third-order valence-corrected chi connectivity index (χ3v) is 6.43. The molecule has 7 heteroatoms. The van der Waals surface area contributed by atoms with Gasteiger partial charge in [0, 0.05) is 6.20 Å². The van der Waals surface area contributed by atoms with Crippen molar-refractivity contribution < 1.29 is 23.9 Å². The van der Waals surface area contributed by atoms with Gasteiger partial charge in [-0.25, -0.2) is 9.69 Å². The van der Waals surface area contributed by atoms with Gasteiger partial charge >= 0.3 is 5.97 Å². The number of imide groups is 1. The molecule has 2 amide bonds. The molecule has 3 aliphatic heterocycles. The minimum atomic E-state index is -0.823. The van der Waals surface area contributed by atoms with Crippen LogP contribution in [0.2, 0.25) is 0 Å². The summed E-state index contributed by atoms with van der Waals surface area (Å²) in [6.07, 6.45) is 3.72. The zero-order valence-electron chi connectivity index (χ0n) is 17.0. The summed E-state index contributed by atoms with van der Waals surface area (Å²) >= 11 is 0. The number of hydrogen-bond donors (Lipinski definition) is 0. The molecule has 2 saturated heterocycles. The molecule has 31 heavy (non-hydrogen) atoms. The van der Waals surface area contributed by atoms with E-state index in [0.29, 0.717) is 0 Å². The van der Waals surface area contributed by atoms with E-state index in [2.05, 4.69) is 0 Å². The molecule has 5 rings (SSSR count). The number of ether oxygens (including phenoxy) is 1. The number of methoxy groups -OCH3 is 1. The lowest BCUT2D eigenvalue weighted by Gasteiger charge is -2.35. The van der Waals surface area contributed by atoms with Gasteiger partial charge in [-0.2, -0.15) is 0 Å². The molecule has 0 spiro atoms. The predicted molar refractivity (Wildman–Crippen MR) is 112 cm³/mol. The summed E-state index contributed by atoms with van der Waals surface area (Å²) in [6.45, 7) is 1.45. The summed E-state index contributed by atoms with van der Waals surface area (Å²) < 4.78 is 4.83. The largest absolute Gasteiger partial charge is 0.465 e. The van der Waals surface area contributed by atoms with Crippen molar-refractivity contribution in [1.82, 2.24) is 4.90 Å². The Morgan fingerprint density at radius 1 is 0.935 bits per heavy atom. The number of carbonyl (C=O) groups excluding carboxylic acids is 4. The van der Waals surface area contributed by atoms with Crippen LogP contribution < -0.4 is 4.90 Å². The van der Waals surface area contributed by atoms with Crippen LogP contribution in [-0.4, -0.2) is 41.6 Å². The molecule has 2 aromatic rings. The van der Waals surface area contributed by atoms with Gasteiger partial charge in [0.05, 0.1) is 42.3 Å². The second kappa shape index (κ2) is 6.91. The van der Waals surface area contributed by atoms with E-state index >= 15 is 0 Å². The number of Topliss-reactive ketones (excluding diaryl/α,β-unsaturated/α-hetero) is 1. The summed E-state index contributed by atoms with van der Waals surface area (Å²) in [5.74, 6) is -3.23. The predicted octanol–water partition coefficient (Wildman–Crippen LogP) is 2.58. The summed E-state index contributed by atoms with van der Waals surface area (Å²) in [4.78, 5) is 55.1. The van der Waals surface area contributed by atoms with Crippen molar-refractivity contribution in [3.05, 3.63) is 71.4 Å². The smallest absolute Gasteiger partial charge is 0.339 e. The second-order valence-electron chi connectivity index (χ2n) is 7.96. The number of hydrogen-bond acceptors (Lipinski definition) is 6. The molecule has 156 valence electrons. The zero-order chi connectivity index (χ0) is 21.9. The lowest BCUT2D eigenvalue weighted by atomic mass is 9.84. The van der Waals surface area contributed by atoms with Crippen molar-refractivity contribution in [1.29, 1.82) is 0 Å². The van der Waals surface area contributed by atoms with Gasteiger partial charge < -0.3 is 9.64 Å². The summed E-state index contributed by atoms with van der Waals surface area (Å²) in [5.41, 5.74) is 2.19.